The van der Waals surface area contributed by atoms with E-state index in [4.69, 9.17) is 10.5 Å². The molecule has 3 heterocycles. The van der Waals surface area contributed by atoms with Crippen LogP contribution in [0.1, 0.15) is 23.7 Å². The lowest BCUT2D eigenvalue weighted by atomic mass is 10.2. The molecule has 3 N–H and O–H groups in total. The Labute approximate surface area is 137 Å². The van der Waals surface area contributed by atoms with Gasteiger partial charge in [-0.1, -0.05) is 18.3 Å². The number of nitrogen functional groups attached to an aromatic ring is 1. The number of aromatic nitrogens is 3. The van der Waals surface area contributed by atoms with Crippen molar-refractivity contribution in [2.24, 2.45) is 0 Å². The lowest BCUT2D eigenvalue weighted by molar-refractivity contribution is 0.0953. The fraction of sp³-hybridized carbons (Fsp3) is 0.267. The van der Waals surface area contributed by atoms with Gasteiger partial charge in [-0.2, -0.15) is 4.52 Å². The summed E-state index contributed by atoms with van der Waals surface area (Å²) in [6, 6.07) is 7.04. The van der Waals surface area contributed by atoms with Crippen molar-refractivity contribution in [3.05, 3.63) is 29.8 Å². The van der Waals surface area contributed by atoms with Crippen molar-refractivity contribution < 1.29 is 9.53 Å². The second-order valence-electron chi connectivity index (χ2n) is 4.95. The molecular weight excluding hydrogens is 314 g/mol. The number of amides is 1. The number of anilines is 1. The summed E-state index contributed by atoms with van der Waals surface area (Å²) in [6.45, 7) is 2.62. The topological polar surface area (TPSA) is 94.5 Å². The van der Waals surface area contributed by atoms with Crippen LogP contribution in [0.15, 0.2) is 24.3 Å². The number of carbonyl (C=O) groups excluding carboxylic acids is 1. The summed E-state index contributed by atoms with van der Waals surface area (Å²) in [5.74, 6) is 0.755. The monoisotopic (exact) mass is 331 g/mol. The number of rotatable bonds is 5. The van der Waals surface area contributed by atoms with Gasteiger partial charge in [0, 0.05) is 12.1 Å². The maximum atomic E-state index is 12.1. The van der Waals surface area contributed by atoms with Crippen LogP contribution in [0.3, 0.4) is 0 Å². The lowest BCUT2D eigenvalue weighted by Gasteiger charge is -2.05. The number of carbonyl (C=O) groups is 1. The molecule has 3 aromatic heterocycles. The average molecular weight is 331 g/mol. The van der Waals surface area contributed by atoms with Crippen molar-refractivity contribution in [2.45, 2.75) is 13.3 Å². The lowest BCUT2D eigenvalue weighted by Crippen LogP contribution is -2.24. The molecule has 0 aliphatic heterocycles. The molecule has 0 saturated carbocycles. The van der Waals surface area contributed by atoms with Crippen LogP contribution < -0.4 is 15.8 Å². The number of thiophene rings is 1. The van der Waals surface area contributed by atoms with Crippen molar-refractivity contribution in [1.82, 2.24) is 19.9 Å². The molecule has 0 aliphatic carbocycles. The molecule has 0 radical (unpaired) electrons. The van der Waals surface area contributed by atoms with Crippen LogP contribution in [0.2, 0.25) is 0 Å². The molecule has 3 rings (SSSR count). The summed E-state index contributed by atoms with van der Waals surface area (Å²) in [4.78, 5) is 17.4. The van der Waals surface area contributed by atoms with Gasteiger partial charge in [-0.05, 0) is 30.7 Å². The Morgan fingerprint density at radius 1 is 1.43 bits per heavy atom. The third-order valence-corrected chi connectivity index (χ3v) is 4.31. The first kappa shape index (κ1) is 15.3. The average Bonchev–Trinajstić information content (AvgIpc) is 3.18. The van der Waals surface area contributed by atoms with Crippen LogP contribution in [0.25, 0.3) is 16.3 Å². The Bertz CT molecular complexity index is 855. The summed E-state index contributed by atoms with van der Waals surface area (Å²) >= 11 is 1.45. The van der Waals surface area contributed by atoms with Gasteiger partial charge < -0.3 is 15.8 Å². The normalized spacial score (nSPS) is 10.9. The summed E-state index contributed by atoms with van der Waals surface area (Å²) in [6.07, 6.45) is 0.874. The van der Waals surface area contributed by atoms with Crippen molar-refractivity contribution >= 4 is 28.7 Å². The van der Waals surface area contributed by atoms with Crippen molar-refractivity contribution in [3.63, 3.8) is 0 Å². The van der Waals surface area contributed by atoms with E-state index in [0.29, 0.717) is 29.4 Å². The van der Waals surface area contributed by atoms with Crippen molar-refractivity contribution in [2.75, 3.05) is 19.4 Å². The third kappa shape index (κ3) is 2.98. The van der Waals surface area contributed by atoms with E-state index in [-0.39, 0.29) is 5.91 Å². The molecule has 0 fully saturated rings. The van der Waals surface area contributed by atoms with Gasteiger partial charge in [0.25, 0.3) is 5.91 Å². The predicted molar refractivity (Wildman–Crippen MR) is 89.9 cm³/mol. The zero-order valence-corrected chi connectivity index (χ0v) is 13.7. The Hall–Kier alpha value is -2.61. The molecule has 120 valence electrons. The zero-order chi connectivity index (χ0) is 16.4. The smallest absolute Gasteiger partial charge is 0.251 e. The molecule has 1 amide bonds. The first-order chi connectivity index (χ1) is 11.1. The molecule has 7 nitrogen and oxygen atoms in total. The minimum absolute atomic E-state index is 0.164. The molecule has 0 bridgehead atoms. The van der Waals surface area contributed by atoms with Crippen LogP contribution in [-0.4, -0.2) is 34.2 Å². The molecule has 0 spiro atoms. The second kappa shape index (κ2) is 6.25. The SMILES string of the molecule is CCCNC(=O)c1cc(N)n2nc(-c3ccc(OC)s3)nc2c1. The van der Waals surface area contributed by atoms with Crippen LogP contribution in [-0.2, 0) is 0 Å². The van der Waals surface area contributed by atoms with Gasteiger partial charge >= 0.3 is 0 Å². The van der Waals surface area contributed by atoms with Crippen LogP contribution in [0, 0.1) is 0 Å². The van der Waals surface area contributed by atoms with Crippen LogP contribution in [0.5, 0.6) is 5.06 Å². The molecule has 8 heteroatoms. The number of hydrogen-bond donors (Lipinski definition) is 2. The van der Waals surface area contributed by atoms with E-state index in [0.717, 1.165) is 16.4 Å². The van der Waals surface area contributed by atoms with E-state index in [1.54, 1.807) is 19.2 Å². The summed E-state index contributed by atoms with van der Waals surface area (Å²) in [7, 11) is 1.62. The van der Waals surface area contributed by atoms with E-state index in [1.807, 2.05) is 19.1 Å². The fourth-order valence-corrected chi connectivity index (χ4v) is 2.88. The van der Waals surface area contributed by atoms with E-state index >= 15 is 0 Å². The summed E-state index contributed by atoms with van der Waals surface area (Å²) < 4.78 is 6.71. The van der Waals surface area contributed by atoms with Gasteiger partial charge in [-0.15, -0.1) is 5.10 Å². The number of fused-ring (bicyclic) bond motifs is 1. The largest absolute Gasteiger partial charge is 0.487 e. The number of hydrogen-bond acceptors (Lipinski definition) is 6. The highest BCUT2D eigenvalue weighted by molar-refractivity contribution is 7.17. The van der Waals surface area contributed by atoms with Gasteiger partial charge in [0.1, 0.15) is 5.82 Å². The van der Waals surface area contributed by atoms with Crippen molar-refractivity contribution in [3.8, 4) is 15.8 Å². The molecule has 0 saturated heterocycles. The number of nitrogens with zero attached hydrogens (tertiary/aromatic N) is 3. The van der Waals surface area contributed by atoms with Crippen molar-refractivity contribution in [1.29, 1.82) is 0 Å². The highest BCUT2D eigenvalue weighted by Crippen LogP contribution is 2.31. The van der Waals surface area contributed by atoms with Crippen LogP contribution in [0.4, 0.5) is 5.82 Å². The molecule has 0 unspecified atom stereocenters. The number of nitrogens with one attached hydrogen (secondary N) is 1. The molecule has 23 heavy (non-hydrogen) atoms. The fourth-order valence-electron chi connectivity index (χ4n) is 2.13. The molecule has 3 aromatic rings. The summed E-state index contributed by atoms with van der Waals surface area (Å²) in [5.41, 5.74) is 7.02. The highest BCUT2D eigenvalue weighted by Gasteiger charge is 2.14. The number of methoxy groups -OCH3 is 1. The van der Waals surface area contributed by atoms with E-state index in [9.17, 15) is 4.79 Å². The standard InChI is InChI=1S/C15H17N5O2S/c1-3-6-17-15(21)9-7-11(16)20-12(8-9)18-14(19-20)10-4-5-13(22-2)23-10/h4-5,7-8H,3,6,16H2,1-2H3,(H,17,21). The minimum atomic E-state index is -0.164. The van der Waals surface area contributed by atoms with Crippen LogP contribution >= 0.6 is 11.3 Å². The van der Waals surface area contributed by atoms with E-state index in [1.165, 1.54) is 15.9 Å². The molecule has 0 aliphatic rings. The third-order valence-electron chi connectivity index (χ3n) is 3.27. The Kier molecular flexibility index (Phi) is 4.16. The number of ether oxygens (including phenoxy) is 1. The molecule has 0 atom stereocenters. The number of pyridine rings is 1. The zero-order valence-electron chi connectivity index (χ0n) is 12.9. The second-order valence-corrected chi connectivity index (χ2v) is 6.00. The minimum Gasteiger partial charge on any atom is -0.487 e. The van der Waals surface area contributed by atoms with Gasteiger partial charge in [-0.25, -0.2) is 4.98 Å². The van der Waals surface area contributed by atoms with Gasteiger partial charge in [0.15, 0.2) is 16.5 Å². The highest BCUT2D eigenvalue weighted by atomic mass is 32.1. The maximum Gasteiger partial charge on any atom is 0.251 e. The molecule has 0 aromatic carbocycles. The Balaban J connectivity index is 1.99. The predicted octanol–water partition coefficient (Wildman–Crippen LogP) is 2.19. The Morgan fingerprint density at radius 3 is 2.96 bits per heavy atom. The van der Waals surface area contributed by atoms with E-state index < -0.39 is 0 Å². The first-order valence-electron chi connectivity index (χ1n) is 7.21. The van der Waals surface area contributed by atoms with Gasteiger partial charge in [0.2, 0.25) is 0 Å². The summed E-state index contributed by atoms with van der Waals surface area (Å²) in [5, 5.41) is 8.00. The van der Waals surface area contributed by atoms with Gasteiger partial charge in [0.05, 0.1) is 12.0 Å². The van der Waals surface area contributed by atoms with E-state index in [2.05, 4.69) is 15.4 Å². The maximum absolute atomic E-state index is 12.1. The first-order valence-corrected chi connectivity index (χ1v) is 8.02. The number of nitrogens with two attached hydrogens (primary N) is 1. The quantitative estimate of drug-likeness (QED) is 0.747. The molecular formula is C15H17N5O2S. The van der Waals surface area contributed by atoms with Gasteiger partial charge in [-0.3, -0.25) is 4.79 Å². The Morgan fingerprint density at radius 2 is 2.26 bits per heavy atom.